The summed E-state index contributed by atoms with van der Waals surface area (Å²) in [6.07, 6.45) is 0.876. The normalized spacial score (nSPS) is 16.6. The molecule has 0 atom stereocenters. The van der Waals surface area contributed by atoms with Crippen molar-refractivity contribution >= 4 is 15.9 Å². The van der Waals surface area contributed by atoms with Crippen molar-refractivity contribution in [3.05, 3.63) is 23.9 Å². The smallest absolute Gasteiger partial charge is 0.342 e. The number of sulfonamides is 1. The number of rotatable bonds is 5. The van der Waals surface area contributed by atoms with Crippen molar-refractivity contribution in [2.24, 2.45) is 0 Å². The van der Waals surface area contributed by atoms with E-state index in [2.05, 4.69) is 4.98 Å². The summed E-state index contributed by atoms with van der Waals surface area (Å²) in [7, 11) is -2.98. The maximum Gasteiger partial charge on any atom is 0.419 e. The average Bonchev–Trinajstić information content (AvgIpc) is 2.59. The first-order valence-electron chi connectivity index (χ1n) is 7.90. The lowest BCUT2D eigenvalue weighted by molar-refractivity contribution is -0.140. The van der Waals surface area contributed by atoms with Crippen LogP contribution in [0.4, 0.5) is 13.2 Å². The molecule has 0 bridgehead atoms. The Labute approximate surface area is 144 Å². The van der Waals surface area contributed by atoms with Gasteiger partial charge in [0.25, 0.3) is 10.0 Å². The van der Waals surface area contributed by atoms with Gasteiger partial charge in [0.1, 0.15) is 0 Å². The van der Waals surface area contributed by atoms with Crippen molar-refractivity contribution in [2.45, 2.75) is 49.3 Å². The molecule has 0 aliphatic heterocycles. The van der Waals surface area contributed by atoms with Crippen molar-refractivity contribution in [2.75, 3.05) is 13.6 Å². The summed E-state index contributed by atoms with van der Waals surface area (Å²) in [5.74, 6) is -0.486. The van der Waals surface area contributed by atoms with Gasteiger partial charge in [-0.1, -0.05) is 19.3 Å². The number of carbonyl (C=O) groups is 1. The molecule has 1 aliphatic carbocycles. The third-order valence-corrected chi connectivity index (χ3v) is 5.62. The van der Waals surface area contributed by atoms with E-state index in [9.17, 15) is 26.4 Å². The molecule has 1 amide bonds. The van der Waals surface area contributed by atoms with Gasteiger partial charge in [0.15, 0.2) is 5.03 Å². The van der Waals surface area contributed by atoms with E-state index in [1.165, 1.54) is 4.90 Å². The Bertz CT molecular complexity index is 716. The van der Waals surface area contributed by atoms with Crippen LogP contribution in [-0.2, 0) is 21.0 Å². The highest BCUT2D eigenvalue weighted by molar-refractivity contribution is 7.89. The number of nitrogens with one attached hydrogen (secondary N) is 1. The van der Waals surface area contributed by atoms with E-state index in [4.69, 9.17) is 0 Å². The van der Waals surface area contributed by atoms with Gasteiger partial charge in [0, 0.05) is 19.3 Å². The van der Waals surface area contributed by atoms with Crippen LogP contribution in [0.5, 0.6) is 0 Å². The molecule has 6 nitrogen and oxygen atoms in total. The molecule has 1 aliphatic rings. The Morgan fingerprint density at radius 2 is 1.96 bits per heavy atom. The molecule has 1 heterocycles. The molecule has 1 N–H and O–H groups in total. The summed E-state index contributed by atoms with van der Waals surface area (Å²) < 4.78 is 65.1. The molecule has 1 aromatic rings. The van der Waals surface area contributed by atoms with Crippen LogP contribution >= 0.6 is 0 Å². The maximum absolute atomic E-state index is 12.9. The fourth-order valence-corrected chi connectivity index (χ4v) is 3.97. The molecule has 2 rings (SSSR count). The monoisotopic (exact) mass is 379 g/mol. The minimum atomic E-state index is -4.86. The van der Waals surface area contributed by atoms with E-state index in [0.29, 0.717) is 6.07 Å². The topological polar surface area (TPSA) is 79.4 Å². The lowest BCUT2D eigenvalue weighted by Gasteiger charge is -2.31. The van der Waals surface area contributed by atoms with E-state index < -0.39 is 39.2 Å². The Morgan fingerprint density at radius 3 is 2.56 bits per heavy atom. The first-order valence-corrected chi connectivity index (χ1v) is 9.39. The van der Waals surface area contributed by atoms with Crippen molar-refractivity contribution in [1.82, 2.24) is 14.6 Å². The highest BCUT2D eigenvalue weighted by Gasteiger charge is 2.38. The Morgan fingerprint density at radius 1 is 1.32 bits per heavy atom. The Hall–Kier alpha value is -1.68. The highest BCUT2D eigenvalue weighted by atomic mass is 32.2. The second-order valence-electron chi connectivity index (χ2n) is 5.97. The zero-order valence-electron chi connectivity index (χ0n) is 13.7. The van der Waals surface area contributed by atoms with Gasteiger partial charge in [-0.3, -0.25) is 4.79 Å². The van der Waals surface area contributed by atoms with Gasteiger partial charge in [0.05, 0.1) is 12.1 Å². The number of likely N-dealkylation sites (N-methyl/N-ethyl adjacent to an activating group) is 1. The minimum Gasteiger partial charge on any atom is -0.342 e. The van der Waals surface area contributed by atoms with Crippen molar-refractivity contribution < 1.29 is 26.4 Å². The van der Waals surface area contributed by atoms with E-state index >= 15 is 0 Å². The third-order valence-electron chi connectivity index (χ3n) is 4.26. The highest BCUT2D eigenvalue weighted by Crippen LogP contribution is 2.32. The van der Waals surface area contributed by atoms with E-state index in [0.717, 1.165) is 44.4 Å². The SMILES string of the molecule is CN(C(=O)CNS(=O)(=O)c1ncccc1C(F)(F)F)C1CCCCC1. The standard InChI is InChI=1S/C15H20F3N3O3S/c1-21(11-6-3-2-4-7-11)13(22)10-20-25(23,24)14-12(15(16,17)18)8-5-9-19-14/h5,8-9,11,20H,2-4,6-7,10H2,1H3. The summed E-state index contributed by atoms with van der Waals surface area (Å²) in [4.78, 5) is 17.0. The second kappa shape index (κ2) is 7.69. The molecule has 0 unspecified atom stereocenters. The number of hydrogen-bond acceptors (Lipinski definition) is 4. The molecule has 1 fully saturated rings. The fraction of sp³-hybridized carbons (Fsp3) is 0.600. The number of aromatic nitrogens is 1. The summed E-state index contributed by atoms with van der Waals surface area (Å²) in [5, 5.41) is -1.13. The van der Waals surface area contributed by atoms with E-state index in [1.54, 1.807) is 7.05 Å². The number of carbonyl (C=O) groups excluding carboxylic acids is 1. The zero-order chi connectivity index (χ0) is 18.7. The molecule has 0 aromatic carbocycles. The van der Waals surface area contributed by atoms with Gasteiger partial charge in [-0.05, 0) is 25.0 Å². The van der Waals surface area contributed by atoms with Gasteiger partial charge >= 0.3 is 6.18 Å². The summed E-state index contributed by atoms with van der Waals surface area (Å²) in [6.45, 7) is -0.608. The summed E-state index contributed by atoms with van der Waals surface area (Å²) in [5.41, 5.74) is -1.37. The van der Waals surface area contributed by atoms with Crippen LogP contribution in [0.15, 0.2) is 23.4 Å². The van der Waals surface area contributed by atoms with Crippen LogP contribution in [0.1, 0.15) is 37.7 Å². The second-order valence-corrected chi connectivity index (χ2v) is 7.66. The number of nitrogens with zero attached hydrogens (tertiary/aromatic N) is 2. The van der Waals surface area contributed by atoms with Gasteiger partial charge in [-0.25, -0.2) is 18.1 Å². The molecule has 140 valence electrons. The van der Waals surface area contributed by atoms with E-state index in [-0.39, 0.29) is 6.04 Å². The van der Waals surface area contributed by atoms with Gasteiger partial charge < -0.3 is 4.90 Å². The third kappa shape index (κ3) is 4.91. The number of pyridine rings is 1. The van der Waals surface area contributed by atoms with Crippen LogP contribution in [-0.4, -0.2) is 43.8 Å². The van der Waals surface area contributed by atoms with Crippen LogP contribution in [0.25, 0.3) is 0 Å². The van der Waals surface area contributed by atoms with Crippen LogP contribution in [0.2, 0.25) is 0 Å². The molecule has 25 heavy (non-hydrogen) atoms. The van der Waals surface area contributed by atoms with Crippen LogP contribution < -0.4 is 4.72 Å². The maximum atomic E-state index is 12.9. The molecule has 0 spiro atoms. The van der Waals surface area contributed by atoms with Crippen molar-refractivity contribution in [3.8, 4) is 0 Å². The lowest BCUT2D eigenvalue weighted by Crippen LogP contribution is -2.44. The summed E-state index contributed by atoms with van der Waals surface area (Å²) >= 11 is 0. The number of alkyl halides is 3. The summed E-state index contributed by atoms with van der Waals surface area (Å²) in [6, 6.07) is 1.67. The Kier molecular flexibility index (Phi) is 6.04. The first-order chi connectivity index (χ1) is 11.6. The molecule has 1 saturated carbocycles. The van der Waals surface area contributed by atoms with Gasteiger partial charge in [-0.15, -0.1) is 0 Å². The van der Waals surface area contributed by atoms with Crippen LogP contribution in [0, 0.1) is 0 Å². The first kappa shape index (κ1) is 19.6. The largest absolute Gasteiger partial charge is 0.419 e. The molecule has 0 radical (unpaired) electrons. The predicted molar refractivity (Wildman–Crippen MR) is 84.1 cm³/mol. The molecule has 10 heteroatoms. The molecule has 0 saturated heterocycles. The minimum absolute atomic E-state index is 0.0336. The quantitative estimate of drug-likeness (QED) is 0.850. The number of halogens is 3. The van der Waals surface area contributed by atoms with Crippen molar-refractivity contribution in [3.63, 3.8) is 0 Å². The van der Waals surface area contributed by atoms with Gasteiger partial charge in [0.2, 0.25) is 5.91 Å². The average molecular weight is 379 g/mol. The molecular weight excluding hydrogens is 359 g/mol. The van der Waals surface area contributed by atoms with E-state index in [1.807, 2.05) is 4.72 Å². The number of amides is 1. The van der Waals surface area contributed by atoms with Crippen LogP contribution in [0.3, 0.4) is 0 Å². The van der Waals surface area contributed by atoms with Crippen molar-refractivity contribution in [1.29, 1.82) is 0 Å². The molecule has 1 aromatic heterocycles. The fourth-order valence-electron chi connectivity index (χ4n) is 2.84. The van der Waals surface area contributed by atoms with Gasteiger partial charge in [-0.2, -0.15) is 13.2 Å². The predicted octanol–water partition coefficient (Wildman–Crippen LogP) is 2.17. The molecular formula is C15H20F3N3O3S. The Balaban J connectivity index is 2.08. The zero-order valence-corrected chi connectivity index (χ0v) is 14.5. The number of hydrogen-bond donors (Lipinski definition) is 1. The lowest BCUT2D eigenvalue weighted by atomic mass is 9.94.